The number of hydrogen-bond donors (Lipinski definition) is 5. The number of H-pyrrole nitrogens is 2. The fraction of sp³-hybridized carbons (Fsp3) is 0.431. The number of halogens is 1. The van der Waals surface area contributed by atoms with Crippen LogP contribution in [-0.4, -0.2) is 112 Å². The van der Waals surface area contributed by atoms with Crippen LogP contribution in [-0.2, 0) is 16.6 Å². The molecule has 3 aromatic heterocycles. The fourth-order valence-electron chi connectivity index (χ4n) is 12.6. The van der Waals surface area contributed by atoms with Crippen molar-refractivity contribution in [1.82, 2.24) is 34.5 Å². The number of hydrogen-bond acceptors (Lipinski definition) is 14. The minimum Gasteiger partial charge on any atom is -0.497 e. The zero-order valence-electron chi connectivity index (χ0n) is 44.4. The van der Waals surface area contributed by atoms with E-state index in [1.54, 1.807) is 32.4 Å². The molecule has 1 spiro atoms. The number of rotatable bonds is 16. The van der Waals surface area contributed by atoms with Gasteiger partial charge in [0.15, 0.2) is 0 Å². The number of aliphatic hydroxyl groups is 1. The van der Waals surface area contributed by atoms with Crippen molar-refractivity contribution in [2.24, 2.45) is 11.3 Å². The molecule has 4 aromatic carbocycles. The molecule has 4 aliphatic rings. The molecule has 0 bridgehead atoms. The quantitative estimate of drug-likeness (QED) is 0.0449. The number of piperidine rings is 1. The fourth-order valence-corrected chi connectivity index (χ4v) is 13.7. The molecular formula is C58H67FN10O8S. The number of imidazole rings is 1. The molecule has 2 saturated carbocycles. The topological polar surface area (TPSA) is 224 Å². The summed E-state index contributed by atoms with van der Waals surface area (Å²) >= 11 is 0. The minimum atomic E-state index is -4.90. The Hall–Kier alpha value is -7.13. The third-order valence-corrected chi connectivity index (χ3v) is 18.4. The number of pyridine rings is 1. The van der Waals surface area contributed by atoms with Gasteiger partial charge < -0.3 is 34.8 Å². The van der Waals surface area contributed by atoms with Gasteiger partial charge >= 0.3 is 0 Å². The van der Waals surface area contributed by atoms with Gasteiger partial charge in [-0.25, -0.2) is 27.5 Å². The summed E-state index contributed by atoms with van der Waals surface area (Å²) in [5, 5.41) is 26.9. The first-order valence-electron chi connectivity index (χ1n) is 27.0. The number of nitrogens with zero attached hydrogens (tertiary/aromatic N) is 6. The maximum atomic E-state index is 16.8. The third-order valence-electron chi connectivity index (χ3n) is 17.0. The van der Waals surface area contributed by atoms with Gasteiger partial charge in [0, 0.05) is 81.6 Å². The second kappa shape index (κ2) is 21.3. The van der Waals surface area contributed by atoms with Gasteiger partial charge in [-0.2, -0.15) is 0 Å². The second-order valence-electron chi connectivity index (χ2n) is 22.6. The Morgan fingerprint density at radius 3 is 2.45 bits per heavy atom. The number of amides is 1. The number of ether oxygens (including phenoxy) is 2. The minimum absolute atomic E-state index is 0.0460. The molecule has 2 aliphatic heterocycles. The molecule has 4 fully saturated rings. The van der Waals surface area contributed by atoms with Crippen molar-refractivity contribution in [2.45, 2.75) is 107 Å². The SMILES string of the molecule is COc1ccc(CN2CCN(C3CC4(CCN(c5cc(Oc6cnc7[nH]ccc7c6)c(C(=O)NS(=O)(=O)c6cc([N+](=O)[O-])c(NC[C@H]7CC[C@](C)(O)CC7)c7[nH]cnc67)cc5F)CC4)C3)C(c3ccccc3C(C)C)C2)cc1. The van der Waals surface area contributed by atoms with Gasteiger partial charge in [0.05, 0.1) is 46.9 Å². The number of nitro benzene ring substituents is 1. The average molecular weight is 1080 g/mol. The Labute approximate surface area is 452 Å². The zero-order valence-corrected chi connectivity index (χ0v) is 45.2. The highest BCUT2D eigenvalue weighted by Gasteiger charge is 2.50. The van der Waals surface area contributed by atoms with Gasteiger partial charge in [0.25, 0.3) is 21.6 Å². The normalized spacial score (nSPS) is 21.2. The van der Waals surface area contributed by atoms with Crippen molar-refractivity contribution >= 4 is 55.1 Å². The van der Waals surface area contributed by atoms with Crippen LogP contribution in [0.4, 0.5) is 21.5 Å². The smallest absolute Gasteiger partial charge is 0.296 e. The first-order chi connectivity index (χ1) is 37.4. The summed E-state index contributed by atoms with van der Waals surface area (Å²) in [6.07, 6.45) is 10.7. The molecule has 1 atom stereocenters. The third kappa shape index (κ3) is 10.7. The van der Waals surface area contributed by atoms with Gasteiger partial charge in [0.2, 0.25) is 0 Å². The van der Waals surface area contributed by atoms with Crippen LogP contribution >= 0.6 is 0 Å². The van der Waals surface area contributed by atoms with E-state index in [9.17, 15) is 28.4 Å². The van der Waals surface area contributed by atoms with E-state index in [1.165, 1.54) is 35.3 Å². The summed E-state index contributed by atoms with van der Waals surface area (Å²) in [7, 11) is -3.22. The molecule has 5 heterocycles. The van der Waals surface area contributed by atoms with Crippen LogP contribution in [0.2, 0.25) is 0 Å². The van der Waals surface area contributed by atoms with E-state index in [-0.39, 0.29) is 51.3 Å². The molecule has 0 radical (unpaired) electrons. The lowest BCUT2D eigenvalue weighted by Gasteiger charge is -2.58. The first-order valence-corrected chi connectivity index (χ1v) is 28.5. The van der Waals surface area contributed by atoms with E-state index in [4.69, 9.17) is 9.47 Å². The highest BCUT2D eigenvalue weighted by molar-refractivity contribution is 7.90. The molecule has 1 unspecified atom stereocenters. The van der Waals surface area contributed by atoms with Crippen LogP contribution in [0.5, 0.6) is 17.2 Å². The van der Waals surface area contributed by atoms with Gasteiger partial charge in [0.1, 0.15) is 44.8 Å². The van der Waals surface area contributed by atoms with E-state index < -0.39 is 48.4 Å². The number of methoxy groups -OCH3 is 1. The maximum Gasteiger partial charge on any atom is 0.296 e. The van der Waals surface area contributed by atoms with Gasteiger partial charge in [-0.1, -0.05) is 50.2 Å². The molecular weight excluding hydrogens is 1020 g/mol. The van der Waals surface area contributed by atoms with E-state index in [1.807, 2.05) is 21.8 Å². The predicted octanol–water partition coefficient (Wildman–Crippen LogP) is 10.2. The van der Waals surface area contributed by atoms with E-state index in [0.29, 0.717) is 68.3 Å². The van der Waals surface area contributed by atoms with Crippen LogP contribution < -0.4 is 24.4 Å². The average Bonchev–Trinajstić information content (AvgIpc) is 4.26. The predicted molar refractivity (Wildman–Crippen MR) is 296 cm³/mol. The Morgan fingerprint density at radius 2 is 1.72 bits per heavy atom. The van der Waals surface area contributed by atoms with Crippen molar-refractivity contribution in [3.63, 3.8) is 0 Å². The molecule has 1 amide bonds. The molecule has 410 valence electrons. The van der Waals surface area contributed by atoms with Gasteiger partial charge in [-0.15, -0.1) is 0 Å². The number of aromatic nitrogens is 4. The number of fused-ring (bicyclic) bond motifs is 2. The summed E-state index contributed by atoms with van der Waals surface area (Å²) in [5.74, 6) is -0.517. The largest absolute Gasteiger partial charge is 0.497 e. The number of carbonyl (C=O) groups is 1. The van der Waals surface area contributed by atoms with Gasteiger partial charge in [-0.05, 0) is 123 Å². The highest BCUT2D eigenvalue weighted by Crippen LogP contribution is 2.54. The molecule has 78 heavy (non-hydrogen) atoms. The molecule has 20 heteroatoms. The molecule has 18 nitrogen and oxygen atoms in total. The van der Waals surface area contributed by atoms with Crippen molar-refractivity contribution in [1.29, 1.82) is 0 Å². The standard InChI is InChI=1S/C58H67FN10O8S/c1-36(2)43-7-5-6-8-44(43)49-34-66(33-38-9-11-41(76-4)12-10-38)23-24-68(49)40-29-58(30-40)18-21-67(22-19-58)47-27-50(77-42-25-39-15-20-60-55(39)62-32-42)45(26-46(47)59)56(70)65-78(74,75)51-28-48(69(72)73)52(54-53(51)63-35-64-54)61-31-37-13-16-57(3,71)17-14-37/h5-12,15,20,25-28,32,35-37,40,49,61,71H,13-14,16-19,21-24,29-31,33-34H2,1-4H3,(H,60,62)(H,63,64)(H,65,70)/t37-,49?,57-. The van der Waals surface area contributed by atoms with Crippen LogP contribution in [0.25, 0.3) is 22.1 Å². The summed E-state index contributed by atoms with van der Waals surface area (Å²) in [6, 6.07) is 24.6. The lowest BCUT2D eigenvalue weighted by Crippen LogP contribution is -2.60. The van der Waals surface area contributed by atoms with Crippen molar-refractivity contribution in [3.05, 3.63) is 136 Å². The van der Waals surface area contributed by atoms with Crippen LogP contribution in [0.3, 0.4) is 0 Å². The molecule has 2 aliphatic carbocycles. The number of nitro groups is 1. The van der Waals surface area contributed by atoms with Crippen LogP contribution in [0, 0.1) is 27.3 Å². The molecule has 11 rings (SSSR count). The maximum absolute atomic E-state index is 16.8. The lowest BCUT2D eigenvalue weighted by atomic mass is 9.59. The number of sulfonamides is 1. The summed E-state index contributed by atoms with van der Waals surface area (Å²) in [5.41, 5.74) is 3.14. The van der Waals surface area contributed by atoms with Crippen molar-refractivity contribution in [3.8, 4) is 17.2 Å². The number of benzene rings is 4. The Morgan fingerprint density at radius 1 is 0.962 bits per heavy atom. The lowest BCUT2D eigenvalue weighted by molar-refractivity contribution is -0.384. The number of piperazine rings is 1. The van der Waals surface area contributed by atoms with E-state index in [2.05, 4.69) is 85.3 Å². The molecule has 7 aromatic rings. The molecule has 2 saturated heterocycles. The first kappa shape index (κ1) is 52.9. The van der Waals surface area contributed by atoms with Gasteiger partial charge in [-0.3, -0.25) is 24.7 Å². The summed E-state index contributed by atoms with van der Waals surface area (Å²) in [6.45, 7) is 11.5. The number of anilines is 2. The second-order valence-corrected chi connectivity index (χ2v) is 24.2. The number of nitrogens with one attached hydrogen (secondary N) is 4. The van der Waals surface area contributed by atoms with Crippen molar-refractivity contribution < 1.29 is 37.1 Å². The highest BCUT2D eigenvalue weighted by atomic mass is 32.2. The number of aromatic amines is 2. The monoisotopic (exact) mass is 1080 g/mol. The molecule has 5 N–H and O–H groups in total. The zero-order chi connectivity index (χ0) is 54.5. The van der Waals surface area contributed by atoms with E-state index >= 15 is 4.39 Å². The van der Waals surface area contributed by atoms with Crippen LogP contribution in [0.1, 0.15) is 111 Å². The van der Waals surface area contributed by atoms with Crippen molar-refractivity contribution in [2.75, 3.05) is 56.6 Å². The summed E-state index contributed by atoms with van der Waals surface area (Å²) < 4.78 is 59.1. The Bertz CT molecular complexity index is 3470. The van der Waals surface area contributed by atoms with Crippen LogP contribution in [0.15, 0.2) is 102 Å². The summed E-state index contributed by atoms with van der Waals surface area (Å²) in [4.78, 5) is 47.4. The number of carbonyl (C=O) groups excluding carboxylic acids is 1. The Balaban J connectivity index is 0.817. The van der Waals surface area contributed by atoms with E-state index in [0.717, 1.165) is 69.7 Å². The Kier molecular flexibility index (Phi) is 14.4.